The van der Waals surface area contributed by atoms with E-state index in [0.717, 1.165) is 22.6 Å². The molecule has 0 aromatic heterocycles. The van der Waals surface area contributed by atoms with Crippen LogP contribution in [-0.2, 0) is 6.54 Å². The van der Waals surface area contributed by atoms with Crippen molar-refractivity contribution < 1.29 is 10.2 Å². The summed E-state index contributed by atoms with van der Waals surface area (Å²) in [5.74, 6) is 0. The number of nitrogen functional groups attached to an aromatic ring is 1. The molecule has 0 aliphatic heterocycles. The Labute approximate surface area is 142 Å². The predicted octanol–water partition coefficient (Wildman–Crippen LogP) is 2.06. The molecule has 0 amide bonds. The molecule has 0 saturated carbocycles. The van der Waals surface area contributed by atoms with E-state index in [9.17, 15) is 0 Å². The Balaban J connectivity index is 2.10. The third kappa shape index (κ3) is 5.04. The first-order valence-corrected chi connectivity index (χ1v) is 7.96. The molecule has 2 aromatic rings. The molecule has 0 saturated heterocycles. The van der Waals surface area contributed by atoms with Crippen LogP contribution in [0.5, 0.6) is 0 Å². The predicted molar refractivity (Wildman–Crippen MR) is 100 cm³/mol. The van der Waals surface area contributed by atoms with Gasteiger partial charge in [0.15, 0.2) is 6.29 Å². The summed E-state index contributed by atoms with van der Waals surface area (Å²) in [6, 6.07) is 13.8. The summed E-state index contributed by atoms with van der Waals surface area (Å²) in [5, 5.41) is 24.6. The highest BCUT2D eigenvalue weighted by molar-refractivity contribution is 5.70. The van der Waals surface area contributed by atoms with Gasteiger partial charge < -0.3 is 31.5 Å². The van der Waals surface area contributed by atoms with Gasteiger partial charge in [-0.2, -0.15) is 0 Å². The molecule has 2 aromatic carbocycles. The Morgan fingerprint density at radius 1 is 1.04 bits per heavy atom. The highest BCUT2D eigenvalue weighted by atomic mass is 16.5. The molecule has 6 nitrogen and oxygen atoms in total. The maximum Gasteiger partial charge on any atom is 0.153 e. The molecule has 2 rings (SSSR count). The second kappa shape index (κ2) is 8.42. The fourth-order valence-corrected chi connectivity index (χ4v) is 2.47. The lowest BCUT2D eigenvalue weighted by molar-refractivity contribution is -0.0423. The van der Waals surface area contributed by atoms with Crippen LogP contribution in [0.15, 0.2) is 42.5 Å². The Kier molecular flexibility index (Phi) is 6.28. The molecule has 24 heavy (non-hydrogen) atoms. The lowest BCUT2D eigenvalue weighted by Gasteiger charge is -2.19. The number of nitrogens with zero attached hydrogens (tertiary/aromatic N) is 1. The van der Waals surface area contributed by atoms with Crippen molar-refractivity contribution in [3.05, 3.63) is 48.0 Å². The summed E-state index contributed by atoms with van der Waals surface area (Å²) < 4.78 is 0. The Bertz CT molecular complexity index is 659. The summed E-state index contributed by atoms with van der Waals surface area (Å²) in [7, 11) is 4.02. The molecule has 0 radical (unpaired) electrons. The van der Waals surface area contributed by atoms with Crippen LogP contribution in [0.25, 0.3) is 0 Å². The average molecular weight is 330 g/mol. The van der Waals surface area contributed by atoms with Crippen molar-refractivity contribution in [3.8, 4) is 0 Å². The van der Waals surface area contributed by atoms with Gasteiger partial charge in [-0.1, -0.05) is 12.1 Å². The van der Waals surface area contributed by atoms with E-state index in [0.29, 0.717) is 18.8 Å². The molecule has 6 N–H and O–H groups in total. The lowest BCUT2D eigenvalue weighted by atomic mass is 10.1. The van der Waals surface area contributed by atoms with Crippen molar-refractivity contribution in [1.82, 2.24) is 0 Å². The molecule has 6 heteroatoms. The second-order valence-electron chi connectivity index (χ2n) is 5.88. The number of hydrogen-bond donors (Lipinski definition) is 5. The van der Waals surface area contributed by atoms with E-state index in [1.54, 1.807) is 0 Å². The molecule has 130 valence electrons. The van der Waals surface area contributed by atoms with Crippen LogP contribution >= 0.6 is 0 Å². The van der Waals surface area contributed by atoms with Crippen LogP contribution in [0, 0.1) is 0 Å². The van der Waals surface area contributed by atoms with E-state index < -0.39 is 6.29 Å². The highest BCUT2D eigenvalue weighted by Gasteiger charge is 2.07. The van der Waals surface area contributed by atoms with Gasteiger partial charge in [0.1, 0.15) is 0 Å². The van der Waals surface area contributed by atoms with Gasteiger partial charge in [0.2, 0.25) is 0 Å². The Morgan fingerprint density at radius 3 is 2.50 bits per heavy atom. The van der Waals surface area contributed by atoms with Crippen LogP contribution < -0.4 is 21.3 Å². The van der Waals surface area contributed by atoms with Gasteiger partial charge in [0, 0.05) is 45.0 Å². The van der Waals surface area contributed by atoms with Gasteiger partial charge in [0.05, 0.1) is 11.4 Å². The van der Waals surface area contributed by atoms with Crippen molar-refractivity contribution in [3.63, 3.8) is 0 Å². The number of nitrogens with one attached hydrogen (secondary N) is 2. The maximum atomic E-state index is 8.96. The van der Waals surface area contributed by atoms with Gasteiger partial charge >= 0.3 is 0 Å². The molecule has 0 unspecified atom stereocenters. The summed E-state index contributed by atoms with van der Waals surface area (Å²) >= 11 is 0. The fourth-order valence-electron chi connectivity index (χ4n) is 2.47. The van der Waals surface area contributed by atoms with Crippen LogP contribution in [0.2, 0.25) is 0 Å². The summed E-state index contributed by atoms with van der Waals surface area (Å²) in [6.07, 6.45) is -1.04. The molecular weight excluding hydrogens is 304 g/mol. The summed E-state index contributed by atoms with van der Waals surface area (Å²) in [6.45, 7) is 1.09. The highest BCUT2D eigenvalue weighted by Crippen LogP contribution is 2.26. The smallest absolute Gasteiger partial charge is 0.153 e. The average Bonchev–Trinajstić information content (AvgIpc) is 2.54. The number of rotatable bonds is 8. The van der Waals surface area contributed by atoms with Crippen molar-refractivity contribution >= 4 is 22.7 Å². The van der Waals surface area contributed by atoms with Gasteiger partial charge in [-0.15, -0.1) is 0 Å². The number of nitrogens with two attached hydrogens (primary N) is 1. The normalized spacial score (nSPS) is 10.7. The quantitative estimate of drug-likeness (QED) is 0.376. The Hall–Kier alpha value is -2.44. The Morgan fingerprint density at radius 2 is 1.79 bits per heavy atom. The largest absolute Gasteiger partial charge is 0.399 e. The molecular formula is C18H26N4O2. The number of aliphatic hydroxyl groups excluding tert-OH is 1. The molecule has 0 aliphatic carbocycles. The summed E-state index contributed by atoms with van der Waals surface area (Å²) in [4.78, 5) is 2.06. The van der Waals surface area contributed by atoms with Crippen molar-refractivity contribution in [2.75, 3.05) is 41.9 Å². The third-order valence-electron chi connectivity index (χ3n) is 3.70. The van der Waals surface area contributed by atoms with Crippen molar-refractivity contribution in [2.45, 2.75) is 19.3 Å². The molecule has 0 heterocycles. The fraction of sp³-hybridized carbons (Fsp3) is 0.333. The van der Waals surface area contributed by atoms with E-state index in [-0.39, 0.29) is 6.42 Å². The SMILES string of the molecule is CN(C)c1ccccc1NCc1cc(N)ccc1NCCC(O)O. The van der Waals surface area contributed by atoms with Crippen LogP contribution in [0.1, 0.15) is 12.0 Å². The van der Waals surface area contributed by atoms with Crippen LogP contribution in [0.3, 0.4) is 0 Å². The topological polar surface area (TPSA) is 93.8 Å². The minimum absolute atomic E-state index is 0.265. The molecule has 0 fully saturated rings. The second-order valence-corrected chi connectivity index (χ2v) is 5.88. The number of hydrogen-bond acceptors (Lipinski definition) is 6. The lowest BCUT2D eigenvalue weighted by Crippen LogP contribution is -2.14. The van der Waals surface area contributed by atoms with E-state index in [2.05, 4.69) is 21.6 Å². The number of benzene rings is 2. The van der Waals surface area contributed by atoms with Gasteiger partial charge in [-0.3, -0.25) is 0 Å². The third-order valence-corrected chi connectivity index (χ3v) is 3.70. The molecule has 0 spiro atoms. The number of anilines is 4. The molecule has 0 aliphatic rings. The van der Waals surface area contributed by atoms with Crippen LogP contribution in [0.4, 0.5) is 22.7 Å². The zero-order valence-electron chi connectivity index (χ0n) is 14.2. The zero-order chi connectivity index (χ0) is 17.5. The van der Waals surface area contributed by atoms with E-state index in [1.807, 2.05) is 50.5 Å². The van der Waals surface area contributed by atoms with Crippen molar-refractivity contribution in [1.29, 1.82) is 0 Å². The van der Waals surface area contributed by atoms with Crippen LogP contribution in [-0.4, -0.2) is 37.1 Å². The van der Waals surface area contributed by atoms with E-state index >= 15 is 0 Å². The first kappa shape index (κ1) is 17.9. The van der Waals surface area contributed by atoms with Gasteiger partial charge in [-0.05, 0) is 35.9 Å². The van der Waals surface area contributed by atoms with Crippen molar-refractivity contribution in [2.24, 2.45) is 0 Å². The minimum Gasteiger partial charge on any atom is -0.399 e. The molecule has 0 atom stereocenters. The summed E-state index contributed by atoms with van der Waals surface area (Å²) in [5.41, 5.74) is 10.7. The maximum absolute atomic E-state index is 8.96. The monoisotopic (exact) mass is 330 g/mol. The molecule has 0 bridgehead atoms. The van der Waals surface area contributed by atoms with Gasteiger partial charge in [0.25, 0.3) is 0 Å². The first-order chi connectivity index (χ1) is 11.5. The van der Waals surface area contributed by atoms with Gasteiger partial charge in [-0.25, -0.2) is 0 Å². The standard InChI is InChI=1S/C18H26N4O2/c1-22(2)17-6-4-3-5-16(17)21-12-13-11-14(19)7-8-15(13)20-10-9-18(23)24/h3-8,11,18,20-21,23-24H,9-10,12,19H2,1-2H3. The van der Waals surface area contributed by atoms with E-state index in [4.69, 9.17) is 15.9 Å². The van der Waals surface area contributed by atoms with E-state index in [1.165, 1.54) is 0 Å². The number of aliphatic hydroxyl groups is 2. The number of para-hydroxylation sites is 2. The first-order valence-electron chi connectivity index (χ1n) is 7.96. The zero-order valence-corrected chi connectivity index (χ0v) is 14.2. The minimum atomic E-state index is -1.31.